The zero-order chi connectivity index (χ0) is 15.1. The maximum atomic E-state index is 6.07. The number of para-hydroxylation sites is 2. The number of benzene rings is 2. The Morgan fingerprint density at radius 2 is 1.71 bits per heavy atom. The Morgan fingerprint density at radius 1 is 1.00 bits per heavy atom. The van der Waals surface area contributed by atoms with E-state index in [1.807, 2.05) is 36.4 Å². The highest BCUT2D eigenvalue weighted by atomic mass is 35.5. The number of ether oxygens (including phenoxy) is 3. The highest BCUT2D eigenvalue weighted by molar-refractivity contribution is 6.31. The van der Waals surface area contributed by atoms with Crippen molar-refractivity contribution in [2.24, 2.45) is 5.73 Å². The molecule has 2 rings (SSSR count). The maximum absolute atomic E-state index is 6.07. The first kappa shape index (κ1) is 15.5. The average Bonchev–Trinajstić information content (AvgIpc) is 2.52. The van der Waals surface area contributed by atoms with Gasteiger partial charge in [0.05, 0.1) is 7.11 Å². The van der Waals surface area contributed by atoms with Gasteiger partial charge in [0.25, 0.3) is 0 Å². The molecule has 0 aliphatic heterocycles. The third kappa shape index (κ3) is 4.28. The molecule has 0 fully saturated rings. The first-order valence-corrected chi connectivity index (χ1v) is 6.99. The molecule has 5 heteroatoms. The minimum absolute atomic E-state index is 0.413. The van der Waals surface area contributed by atoms with Crippen LogP contribution in [0, 0.1) is 0 Å². The predicted molar refractivity (Wildman–Crippen MR) is 83.3 cm³/mol. The van der Waals surface area contributed by atoms with Crippen molar-refractivity contribution in [2.75, 3.05) is 20.3 Å². The van der Waals surface area contributed by atoms with Gasteiger partial charge in [-0.1, -0.05) is 29.8 Å². The van der Waals surface area contributed by atoms with E-state index in [9.17, 15) is 0 Å². The minimum Gasteiger partial charge on any atom is -0.493 e. The first-order valence-electron chi connectivity index (χ1n) is 6.61. The number of halogens is 1. The maximum Gasteiger partial charge on any atom is 0.161 e. The lowest BCUT2D eigenvalue weighted by Gasteiger charge is -2.11. The van der Waals surface area contributed by atoms with Gasteiger partial charge in [-0.3, -0.25) is 0 Å². The van der Waals surface area contributed by atoms with E-state index in [1.54, 1.807) is 13.2 Å². The Hall–Kier alpha value is -1.91. The van der Waals surface area contributed by atoms with Crippen molar-refractivity contribution in [3.05, 3.63) is 53.1 Å². The van der Waals surface area contributed by atoms with Crippen LogP contribution < -0.4 is 19.9 Å². The molecule has 2 aromatic rings. The van der Waals surface area contributed by atoms with Gasteiger partial charge in [0.1, 0.15) is 19.0 Å². The van der Waals surface area contributed by atoms with Gasteiger partial charge in [0.15, 0.2) is 11.5 Å². The molecule has 21 heavy (non-hydrogen) atoms. The third-order valence-corrected chi connectivity index (χ3v) is 3.27. The van der Waals surface area contributed by atoms with Crippen molar-refractivity contribution in [3.8, 4) is 17.2 Å². The Kier molecular flexibility index (Phi) is 5.72. The fourth-order valence-corrected chi connectivity index (χ4v) is 2.08. The zero-order valence-corrected chi connectivity index (χ0v) is 12.6. The third-order valence-electron chi connectivity index (χ3n) is 2.92. The second-order valence-corrected chi connectivity index (χ2v) is 4.71. The molecule has 4 nitrogen and oxygen atoms in total. The molecule has 0 heterocycles. The molecule has 2 aromatic carbocycles. The van der Waals surface area contributed by atoms with Crippen molar-refractivity contribution in [2.45, 2.75) is 6.54 Å². The van der Waals surface area contributed by atoms with Gasteiger partial charge >= 0.3 is 0 Å². The number of nitrogens with two attached hydrogens (primary N) is 1. The van der Waals surface area contributed by atoms with E-state index >= 15 is 0 Å². The van der Waals surface area contributed by atoms with Crippen LogP contribution in [0.25, 0.3) is 0 Å². The SMILES string of the molecule is COc1ccccc1OCCOc1ccc(CN)c(Cl)c1. The molecule has 0 amide bonds. The molecule has 2 N–H and O–H groups in total. The van der Waals surface area contributed by atoms with Crippen molar-refractivity contribution < 1.29 is 14.2 Å². The highest BCUT2D eigenvalue weighted by Crippen LogP contribution is 2.26. The van der Waals surface area contributed by atoms with Crippen LogP contribution in [0.2, 0.25) is 5.02 Å². The molecule has 0 aromatic heterocycles. The Balaban J connectivity index is 1.83. The normalized spacial score (nSPS) is 10.2. The summed E-state index contributed by atoms with van der Waals surface area (Å²) in [4.78, 5) is 0. The molecule has 0 saturated heterocycles. The van der Waals surface area contributed by atoms with Crippen LogP contribution in [0.4, 0.5) is 0 Å². The van der Waals surface area contributed by atoms with E-state index < -0.39 is 0 Å². The van der Waals surface area contributed by atoms with Gasteiger partial charge in [-0.2, -0.15) is 0 Å². The van der Waals surface area contributed by atoms with E-state index in [-0.39, 0.29) is 0 Å². The number of hydrogen-bond acceptors (Lipinski definition) is 4. The van der Waals surface area contributed by atoms with Gasteiger partial charge in [0.2, 0.25) is 0 Å². The number of rotatable bonds is 7. The molecule has 0 saturated carbocycles. The van der Waals surface area contributed by atoms with Gasteiger partial charge in [0, 0.05) is 11.6 Å². The Morgan fingerprint density at radius 3 is 2.38 bits per heavy atom. The summed E-state index contributed by atoms with van der Waals surface area (Å²) in [5, 5.41) is 0.612. The second kappa shape index (κ2) is 7.76. The van der Waals surface area contributed by atoms with Gasteiger partial charge < -0.3 is 19.9 Å². The molecule has 0 aliphatic rings. The lowest BCUT2D eigenvalue weighted by atomic mass is 10.2. The van der Waals surface area contributed by atoms with E-state index in [1.165, 1.54) is 0 Å². The standard InChI is InChI=1S/C16H18ClNO3/c1-19-15-4-2-3-5-16(15)21-9-8-20-13-7-6-12(11-18)14(17)10-13/h2-7,10H,8-9,11,18H2,1H3. The van der Waals surface area contributed by atoms with Crippen molar-refractivity contribution >= 4 is 11.6 Å². The summed E-state index contributed by atoms with van der Waals surface area (Å²) in [7, 11) is 1.61. The smallest absolute Gasteiger partial charge is 0.161 e. The largest absolute Gasteiger partial charge is 0.493 e. The molecular formula is C16H18ClNO3. The van der Waals surface area contributed by atoms with E-state index in [4.69, 9.17) is 31.5 Å². The molecule has 0 atom stereocenters. The highest BCUT2D eigenvalue weighted by Gasteiger charge is 2.03. The molecule has 112 valence electrons. The lowest BCUT2D eigenvalue weighted by Crippen LogP contribution is -2.09. The van der Waals surface area contributed by atoms with Crippen LogP contribution in [0.1, 0.15) is 5.56 Å². The van der Waals surface area contributed by atoms with E-state index in [0.29, 0.717) is 42.0 Å². The summed E-state index contributed by atoms with van der Waals surface area (Å²) in [5.74, 6) is 2.09. The average molecular weight is 308 g/mol. The molecule has 0 spiro atoms. The number of hydrogen-bond donors (Lipinski definition) is 1. The Bertz CT molecular complexity index is 589. The van der Waals surface area contributed by atoms with Crippen LogP contribution in [-0.4, -0.2) is 20.3 Å². The van der Waals surface area contributed by atoms with Crippen molar-refractivity contribution in [3.63, 3.8) is 0 Å². The van der Waals surface area contributed by atoms with Gasteiger partial charge in [-0.25, -0.2) is 0 Å². The van der Waals surface area contributed by atoms with Crippen LogP contribution in [0.3, 0.4) is 0 Å². The van der Waals surface area contributed by atoms with Gasteiger partial charge in [-0.05, 0) is 29.8 Å². The van der Waals surface area contributed by atoms with Crippen LogP contribution in [0.5, 0.6) is 17.2 Å². The Labute approximate surface area is 129 Å². The zero-order valence-electron chi connectivity index (χ0n) is 11.8. The summed E-state index contributed by atoms with van der Waals surface area (Å²) in [6, 6.07) is 12.9. The molecule has 0 unspecified atom stereocenters. The summed E-state index contributed by atoms with van der Waals surface area (Å²) in [6.07, 6.45) is 0. The van der Waals surface area contributed by atoms with Crippen LogP contribution in [-0.2, 0) is 6.54 Å². The van der Waals surface area contributed by atoms with E-state index in [2.05, 4.69) is 0 Å². The number of methoxy groups -OCH3 is 1. The van der Waals surface area contributed by atoms with Crippen molar-refractivity contribution in [1.82, 2.24) is 0 Å². The van der Waals surface area contributed by atoms with Crippen LogP contribution in [0.15, 0.2) is 42.5 Å². The van der Waals surface area contributed by atoms with Crippen molar-refractivity contribution in [1.29, 1.82) is 0 Å². The first-order chi connectivity index (χ1) is 10.2. The summed E-state index contributed by atoms with van der Waals surface area (Å²) < 4.78 is 16.4. The van der Waals surface area contributed by atoms with Gasteiger partial charge in [-0.15, -0.1) is 0 Å². The monoisotopic (exact) mass is 307 g/mol. The summed E-state index contributed by atoms with van der Waals surface area (Å²) >= 11 is 6.07. The van der Waals surface area contributed by atoms with E-state index in [0.717, 1.165) is 5.56 Å². The molecule has 0 radical (unpaired) electrons. The molecular weight excluding hydrogens is 290 g/mol. The summed E-state index contributed by atoms with van der Waals surface area (Å²) in [6.45, 7) is 1.24. The minimum atomic E-state index is 0.413. The topological polar surface area (TPSA) is 53.7 Å². The summed E-state index contributed by atoms with van der Waals surface area (Å²) in [5.41, 5.74) is 6.45. The second-order valence-electron chi connectivity index (χ2n) is 4.31. The molecule has 0 bridgehead atoms. The quantitative estimate of drug-likeness (QED) is 0.798. The fourth-order valence-electron chi connectivity index (χ4n) is 1.83. The van der Waals surface area contributed by atoms with Crippen LogP contribution >= 0.6 is 11.6 Å². The predicted octanol–water partition coefficient (Wildman–Crippen LogP) is 3.27. The lowest BCUT2D eigenvalue weighted by molar-refractivity contribution is 0.211. The molecule has 0 aliphatic carbocycles. The fraction of sp³-hybridized carbons (Fsp3) is 0.250.